The zero-order chi connectivity index (χ0) is 19.5. The van der Waals surface area contributed by atoms with Crippen LogP contribution in [0.15, 0.2) is 72.8 Å². The van der Waals surface area contributed by atoms with Crippen molar-refractivity contribution in [2.24, 2.45) is 0 Å². The molecule has 0 aliphatic carbocycles. The normalized spacial score (nSPS) is 20.4. The number of amides is 1. The Morgan fingerprint density at radius 2 is 1.79 bits per heavy atom. The number of benzene rings is 3. The van der Waals surface area contributed by atoms with Gasteiger partial charge in [-0.1, -0.05) is 72.8 Å². The average Bonchev–Trinajstić information content (AvgIpc) is 3.17. The standard InChI is InChI=1S/C24H26N2O2/c1-17(22-13-7-11-19-10-5-6-12-23(19)22)25-15-21-14-20(16-26(21)24(27)28)18-8-3-2-4-9-18/h2-13,17,20-21,25H,14-16H2,1H3,(H,27,28). The number of rotatable bonds is 5. The Balaban J connectivity index is 1.47. The number of likely N-dealkylation sites (tertiary alicyclic amines) is 1. The topological polar surface area (TPSA) is 52.6 Å². The molecule has 1 aliphatic heterocycles. The smallest absolute Gasteiger partial charge is 0.407 e. The van der Waals surface area contributed by atoms with Crippen LogP contribution in [0.2, 0.25) is 0 Å². The summed E-state index contributed by atoms with van der Waals surface area (Å²) >= 11 is 0. The number of carbonyl (C=O) groups is 1. The van der Waals surface area contributed by atoms with E-state index >= 15 is 0 Å². The van der Waals surface area contributed by atoms with Crippen LogP contribution in [0.3, 0.4) is 0 Å². The first-order valence-corrected chi connectivity index (χ1v) is 9.89. The molecular weight excluding hydrogens is 348 g/mol. The number of hydrogen-bond donors (Lipinski definition) is 2. The molecule has 4 rings (SSSR count). The maximum absolute atomic E-state index is 11.8. The average molecular weight is 374 g/mol. The molecule has 0 radical (unpaired) electrons. The fraction of sp³-hybridized carbons (Fsp3) is 0.292. The fourth-order valence-corrected chi connectivity index (χ4v) is 4.36. The van der Waals surface area contributed by atoms with E-state index in [0.717, 1.165) is 6.42 Å². The van der Waals surface area contributed by atoms with E-state index in [0.29, 0.717) is 13.1 Å². The third-order valence-electron chi connectivity index (χ3n) is 5.88. The summed E-state index contributed by atoms with van der Waals surface area (Å²) in [6.07, 6.45) is 0.0222. The third kappa shape index (κ3) is 3.73. The van der Waals surface area contributed by atoms with E-state index in [-0.39, 0.29) is 18.0 Å². The molecule has 4 nitrogen and oxygen atoms in total. The van der Waals surface area contributed by atoms with Gasteiger partial charge in [-0.25, -0.2) is 4.79 Å². The predicted octanol–water partition coefficient (Wildman–Crippen LogP) is 5.03. The molecule has 0 bridgehead atoms. The van der Waals surface area contributed by atoms with Crippen LogP contribution in [0.4, 0.5) is 4.79 Å². The highest BCUT2D eigenvalue weighted by atomic mass is 16.4. The molecule has 1 heterocycles. The highest BCUT2D eigenvalue weighted by Crippen LogP contribution is 2.32. The van der Waals surface area contributed by atoms with Gasteiger partial charge < -0.3 is 15.3 Å². The zero-order valence-corrected chi connectivity index (χ0v) is 16.1. The largest absolute Gasteiger partial charge is 0.465 e. The number of fused-ring (bicyclic) bond motifs is 1. The summed E-state index contributed by atoms with van der Waals surface area (Å²) in [5, 5.41) is 15.7. The van der Waals surface area contributed by atoms with Gasteiger partial charge in [-0.3, -0.25) is 0 Å². The van der Waals surface area contributed by atoms with Gasteiger partial charge in [-0.05, 0) is 35.2 Å². The van der Waals surface area contributed by atoms with E-state index < -0.39 is 6.09 Å². The summed E-state index contributed by atoms with van der Waals surface area (Å²) in [6, 6.07) is 25.1. The molecule has 1 fully saturated rings. The molecule has 4 heteroatoms. The molecule has 28 heavy (non-hydrogen) atoms. The van der Waals surface area contributed by atoms with Crippen LogP contribution in [0.5, 0.6) is 0 Å². The summed E-state index contributed by atoms with van der Waals surface area (Å²) in [5.41, 5.74) is 2.47. The Labute approximate surface area is 165 Å². The van der Waals surface area contributed by atoms with Gasteiger partial charge in [0.2, 0.25) is 0 Å². The van der Waals surface area contributed by atoms with Gasteiger partial charge in [0.15, 0.2) is 0 Å². The Hall–Kier alpha value is -2.85. The van der Waals surface area contributed by atoms with Gasteiger partial charge >= 0.3 is 6.09 Å². The first-order valence-electron chi connectivity index (χ1n) is 9.89. The van der Waals surface area contributed by atoms with E-state index in [2.05, 4.69) is 66.8 Å². The molecule has 0 spiro atoms. The van der Waals surface area contributed by atoms with E-state index in [4.69, 9.17) is 0 Å². The van der Waals surface area contributed by atoms with Gasteiger partial charge in [0, 0.05) is 31.1 Å². The minimum absolute atomic E-state index is 0.0138. The highest BCUT2D eigenvalue weighted by Gasteiger charge is 2.35. The molecule has 3 unspecified atom stereocenters. The summed E-state index contributed by atoms with van der Waals surface area (Å²) in [7, 11) is 0. The summed E-state index contributed by atoms with van der Waals surface area (Å²) in [5.74, 6) is 0.261. The molecule has 2 N–H and O–H groups in total. The van der Waals surface area contributed by atoms with Crippen molar-refractivity contribution in [3.05, 3.63) is 83.9 Å². The van der Waals surface area contributed by atoms with E-state index in [9.17, 15) is 9.90 Å². The lowest BCUT2D eigenvalue weighted by Gasteiger charge is -2.24. The van der Waals surface area contributed by atoms with Crippen molar-refractivity contribution in [1.29, 1.82) is 0 Å². The SMILES string of the molecule is CC(NCC1CC(c2ccccc2)CN1C(=O)O)c1cccc2ccccc12. The fourth-order valence-electron chi connectivity index (χ4n) is 4.36. The van der Waals surface area contributed by atoms with Crippen LogP contribution < -0.4 is 5.32 Å². The molecule has 144 valence electrons. The highest BCUT2D eigenvalue weighted by molar-refractivity contribution is 5.86. The van der Waals surface area contributed by atoms with Crippen molar-refractivity contribution in [1.82, 2.24) is 10.2 Å². The van der Waals surface area contributed by atoms with Crippen molar-refractivity contribution < 1.29 is 9.90 Å². The molecule has 0 saturated carbocycles. The van der Waals surface area contributed by atoms with Crippen molar-refractivity contribution in [3.63, 3.8) is 0 Å². The van der Waals surface area contributed by atoms with Gasteiger partial charge in [0.1, 0.15) is 0 Å². The number of hydrogen-bond acceptors (Lipinski definition) is 2. The molecule has 1 saturated heterocycles. The van der Waals surface area contributed by atoms with Crippen molar-refractivity contribution >= 4 is 16.9 Å². The lowest BCUT2D eigenvalue weighted by atomic mass is 9.96. The van der Waals surface area contributed by atoms with Gasteiger partial charge in [-0.15, -0.1) is 0 Å². The van der Waals surface area contributed by atoms with Crippen molar-refractivity contribution in [3.8, 4) is 0 Å². The second-order valence-electron chi connectivity index (χ2n) is 7.63. The predicted molar refractivity (Wildman–Crippen MR) is 113 cm³/mol. The Morgan fingerprint density at radius 1 is 1.07 bits per heavy atom. The molecule has 1 amide bonds. The Morgan fingerprint density at radius 3 is 2.57 bits per heavy atom. The van der Waals surface area contributed by atoms with Crippen LogP contribution in [-0.2, 0) is 0 Å². The molecule has 3 atom stereocenters. The second-order valence-corrected chi connectivity index (χ2v) is 7.63. The van der Waals surface area contributed by atoms with Crippen molar-refractivity contribution in [2.45, 2.75) is 31.3 Å². The molecule has 1 aliphatic rings. The zero-order valence-electron chi connectivity index (χ0n) is 16.1. The maximum atomic E-state index is 11.8. The lowest BCUT2D eigenvalue weighted by molar-refractivity contribution is 0.138. The van der Waals surface area contributed by atoms with Crippen LogP contribution in [0.25, 0.3) is 10.8 Å². The lowest BCUT2D eigenvalue weighted by Crippen LogP contribution is -2.41. The van der Waals surface area contributed by atoms with Crippen LogP contribution in [0.1, 0.15) is 36.4 Å². The minimum atomic E-state index is -0.831. The van der Waals surface area contributed by atoms with Gasteiger partial charge in [0.05, 0.1) is 0 Å². The van der Waals surface area contributed by atoms with Gasteiger partial charge in [0.25, 0.3) is 0 Å². The molecule has 0 aromatic heterocycles. The first-order chi connectivity index (χ1) is 13.6. The number of carboxylic acid groups (broad SMARTS) is 1. The summed E-state index contributed by atoms with van der Waals surface area (Å²) in [4.78, 5) is 13.4. The second kappa shape index (κ2) is 8.03. The minimum Gasteiger partial charge on any atom is -0.465 e. The molecule has 3 aromatic carbocycles. The third-order valence-corrected chi connectivity index (χ3v) is 5.88. The van der Waals surface area contributed by atoms with E-state index in [1.54, 1.807) is 4.90 Å². The van der Waals surface area contributed by atoms with Crippen LogP contribution in [-0.4, -0.2) is 35.2 Å². The number of nitrogens with one attached hydrogen (secondary N) is 1. The van der Waals surface area contributed by atoms with Crippen molar-refractivity contribution in [2.75, 3.05) is 13.1 Å². The van der Waals surface area contributed by atoms with Crippen LogP contribution >= 0.6 is 0 Å². The Bertz CT molecular complexity index is 952. The number of nitrogens with zero attached hydrogens (tertiary/aromatic N) is 1. The molecular formula is C24H26N2O2. The van der Waals surface area contributed by atoms with E-state index in [1.807, 2.05) is 18.2 Å². The summed E-state index contributed by atoms with van der Waals surface area (Å²) in [6.45, 7) is 3.37. The van der Waals surface area contributed by atoms with Gasteiger partial charge in [-0.2, -0.15) is 0 Å². The summed E-state index contributed by atoms with van der Waals surface area (Å²) < 4.78 is 0. The van der Waals surface area contributed by atoms with E-state index in [1.165, 1.54) is 21.9 Å². The van der Waals surface area contributed by atoms with Crippen LogP contribution in [0, 0.1) is 0 Å². The first kappa shape index (κ1) is 18.5. The quantitative estimate of drug-likeness (QED) is 0.659. The maximum Gasteiger partial charge on any atom is 0.407 e. The molecule has 3 aromatic rings. The Kier molecular flexibility index (Phi) is 5.31. The monoisotopic (exact) mass is 374 g/mol.